The highest BCUT2D eigenvalue weighted by Gasteiger charge is 2.26. The molecule has 162 valence electrons. The van der Waals surface area contributed by atoms with Gasteiger partial charge in [-0.05, 0) is 50.6 Å². The number of rotatable bonds is 5. The first kappa shape index (κ1) is 22.1. The molecule has 0 radical (unpaired) electrons. The molecule has 4 rings (SSSR count). The summed E-state index contributed by atoms with van der Waals surface area (Å²) in [7, 11) is 0. The molecule has 1 aliphatic rings. The first-order valence-corrected chi connectivity index (χ1v) is 11.1. The van der Waals surface area contributed by atoms with Crippen molar-refractivity contribution in [3.05, 3.63) is 62.9 Å². The lowest BCUT2D eigenvalue weighted by Gasteiger charge is -2.30. The summed E-state index contributed by atoms with van der Waals surface area (Å²) in [4.78, 5) is 19.4. The number of halogens is 3. The average molecular weight is 480 g/mol. The van der Waals surface area contributed by atoms with Crippen molar-refractivity contribution in [1.29, 1.82) is 0 Å². The molecular formula is C22H21Cl3N4O2. The number of amides is 1. The Balaban J connectivity index is 1.32. The van der Waals surface area contributed by atoms with E-state index in [0.29, 0.717) is 39.0 Å². The lowest BCUT2D eigenvalue weighted by Crippen LogP contribution is -2.37. The van der Waals surface area contributed by atoms with Crippen molar-refractivity contribution in [1.82, 2.24) is 15.0 Å². The third-order valence-corrected chi connectivity index (χ3v) is 6.47. The molecule has 1 fully saturated rings. The fraction of sp³-hybridized carbons (Fsp3) is 0.318. The zero-order chi connectivity index (χ0) is 22.0. The summed E-state index contributed by atoms with van der Waals surface area (Å²) in [5.74, 6) is 0.996. The summed E-state index contributed by atoms with van der Waals surface area (Å²) >= 11 is 18.1. The first-order valence-electron chi connectivity index (χ1n) is 9.97. The minimum atomic E-state index is -0.105. The lowest BCUT2D eigenvalue weighted by molar-refractivity contribution is -0.121. The number of nitrogens with one attached hydrogen (secondary N) is 1. The summed E-state index contributed by atoms with van der Waals surface area (Å²) in [6.45, 7) is 4.10. The van der Waals surface area contributed by atoms with E-state index in [-0.39, 0.29) is 11.8 Å². The van der Waals surface area contributed by atoms with Gasteiger partial charge in [0.25, 0.3) is 0 Å². The topological polar surface area (TPSA) is 71.3 Å². The molecule has 0 atom stereocenters. The Morgan fingerprint density at radius 1 is 1.13 bits per heavy atom. The predicted molar refractivity (Wildman–Crippen MR) is 123 cm³/mol. The smallest absolute Gasteiger partial charge is 0.241 e. The van der Waals surface area contributed by atoms with Crippen molar-refractivity contribution in [2.45, 2.75) is 26.3 Å². The van der Waals surface area contributed by atoms with Crippen LogP contribution in [-0.2, 0) is 11.3 Å². The summed E-state index contributed by atoms with van der Waals surface area (Å²) in [5.41, 5.74) is 2.54. The van der Waals surface area contributed by atoms with Crippen molar-refractivity contribution in [3.63, 3.8) is 0 Å². The molecule has 9 heteroatoms. The van der Waals surface area contributed by atoms with Gasteiger partial charge < -0.3 is 9.84 Å². The van der Waals surface area contributed by atoms with Crippen LogP contribution in [0.3, 0.4) is 0 Å². The number of aryl methyl sites for hydroxylation is 1. The van der Waals surface area contributed by atoms with Crippen LogP contribution in [0.1, 0.15) is 24.3 Å². The summed E-state index contributed by atoms with van der Waals surface area (Å²) < 4.78 is 5.44. The third kappa shape index (κ3) is 5.21. The molecule has 1 aromatic heterocycles. The Morgan fingerprint density at radius 3 is 2.58 bits per heavy atom. The fourth-order valence-corrected chi connectivity index (χ4v) is 4.24. The molecule has 31 heavy (non-hydrogen) atoms. The maximum atomic E-state index is 12.7. The van der Waals surface area contributed by atoms with Crippen LogP contribution in [0.4, 0.5) is 5.69 Å². The van der Waals surface area contributed by atoms with Crippen molar-refractivity contribution in [3.8, 4) is 11.4 Å². The number of carbonyl (C=O) groups is 1. The van der Waals surface area contributed by atoms with Crippen molar-refractivity contribution < 1.29 is 9.32 Å². The minimum absolute atomic E-state index is 0.0698. The molecule has 2 heterocycles. The number of anilines is 1. The van der Waals surface area contributed by atoms with E-state index in [9.17, 15) is 4.79 Å². The molecule has 6 nitrogen and oxygen atoms in total. The van der Waals surface area contributed by atoms with Crippen molar-refractivity contribution >= 4 is 46.4 Å². The number of aromatic nitrogens is 2. The molecule has 1 amide bonds. The quantitative estimate of drug-likeness (QED) is 0.464. The van der Waals surface area contributed by atoms with Crippen LogP contribution in [-0.4, -0.2) is 34.0 Å². The van der Waals surface area contributed by atoms with Gasteiger partial charge in [0.2, 0.25) is 17.6 Å². The Bertz CT molecular complexity index is 1090. The standard InChI is InChI=1S/C22H21Cl3N4O2/c1-13-4-2-3-5-15(13)21-27-20(31-28-21)12-29-8-6-14(7-9-29)22(30)26-19-11-17(24)16(23)10-18(19)25/h2-5,10-11,14H,6-9,12H2,1H3,(H,26,30). The normalized spacial score (nSPS) is 15.2. The summed E-state index contributed by atoms with van der Waals surface area (Å²) in [6, 6.07) is 11.0. The van der Waals surface area contributed by atoms with E-state index in [1.807, 2.05) is 31.2 Å². The molecule has 1 aliphatic heterocycles. The van der Waals surface area contributed by atoms with Crippen LogP contribution < -0.4 is 5.32 Å². The van der Waals surface area contributed by atoms with E-state index in [1.54, 1.807) is 6.07 Å². The summed E-state index contributed by atoms with van der Waals surface area (Å²) in [6.07, 6.45) is 1.45. The van der Waals surface area contributed by atoms with E-state index in [4.69, 9.17) is 39.3 Å². The first-order chi connectivity index (χ1) is 14.9. The van der Waals surface area contributed by atoms with Gasteiger partial charge in [0, 0.05) is 11.5 Å². The second-order valence-electron chi connectivity index (χ2n) is 7.61. The highest BCUT2D eigenvalue weighted by atomic mass is 35.5. The van der Waals surface area contributed by atoms with Gasteiger partial charge in [0.1, 0.15) is 0 Å². The predicted octanol–water partition coefficient (Wildman–Crippen LogP) is 5.86. The largest absolute Gasteiger partial charge is 0.338 e. The second kappa shape index (κ2) is 9.57. The molecule has 0 saturated carbocycles. The maximum absolute atomic E-state index is 12.7. The third-order valence-electron chi connectivity index (χ3n) is 5.44. The number of carbonyl (C=O) groups excluding carboxylic acids is 1. The highest BCUT2D eigenvalue weighted by Crippen LogP contribution is 2.33. The average Bonchev–Trinajstić information content (AvgIpc) is 3.21. The fourth-order valence-electron chi connectivity index (χ4n) is 3.65. The van der Waals surface area contributed by atoms with Gasteiger partial charge in [0.15, 0.2) is 0 Å². The van der Waals surface area contributed by atoms with Gasteiger partial charge in [-0.3, -0.25) is 9.69 Å². The van der Waals surface area contributed by atoms with Gasteiger partial charge in [-0.1, -0.05) is 64.2 Å². The van der Waals surface area contributed by atoms with E-state index in [1.165, 1.54) is 6.07 Å². The number of benzene rings is 2. The van der Waals surface area contributed by atoms with Crippen LogP contribution in [0.5, 0.6) is 0 Å². The maximum Gasteiger partial charge on any atom is 0.241 e. The minimum Gasteiger partial charge on any atom is -0.338 e. The van der Waals surface area contributed by atoms with E-state index in [2.05, 4.69) is 20.4 Å². The molecule has 0 bridgehead atoms. The van der Waals surface area contributed by atoms with Crippen molar-refractivity contribution in [2.24, 2.45) is 5.92 Å². The second-order valence-corrected chi connectivity index (χ2v) is 8.83. The SMILES string of the molecule is Cc1ccccc1-c1noc(CN2CCC(C(=O)Nc3cc(Cl)c(Cl)cc3Cl)CC2)n1. The lowest BCUT2D eigenvalue weighted by atomic mass is 9.96. The van der Waals surface area contributed by atoms with Crippen LogP contribution in [0.25, 0.3) is 11.4 Å². The molecule has 3 aromatic rings. The van der Waals surface area contributed by atoms with Gasteiger partial charge in [-0.2, -0.15) is 4.98 Å². The number of piperidine rings is 1. The van der Waals surface area contributed by atoms with Crippen LogP contribution in [0, 0.1) is 12.8 Å². The van der Waals surface area contributed by atoms with Gasteiger partial charge in [0.05, 0.1) is 27.3 Å². The number of likely N-dealkylation sites (tertiary alicyclic amines) is 1. The Kier molecular flexibility index (Phi) is 6.82. The van der Waals surface area contributed by atoms with E-state index >= 15 is 0 Å². The van der Waals surface area contributed by atoms with Gasteiger partial charge in [-0.15, -0.1) is 0 Å². The molecule has 1 saturated heterocycles. The molecule has 1 N–H and O–H groups in total. The van der Waals surface area contributed by atoms with Crippen LogP contribution in [0.2, 0.25) is 15.1 Å². The molecule has 0 unspecified atom stereocenters. The van der Waals surface area contributed by atoms with Gasteiger partial charge >= 0.3 is 0 Å². The zero-order valence-corrected chi connectivity index (χ0v) is 19.1. The Morgan fingerprint density at radius 2 is 1.84 bits per heavy atom. The Hall–Kier alpha value is -2.12. The Labute approximate surface area is 195 Å². The van der Waals surface area contributed by atoms with Crippen molar-refractivity contribution in [2.75, 3.05) is 18.4 Å². The highest BCUT2D eigenvalue weighted by molar-refractivity contribution is 6.44. The van der Waals surface area contributed by atoms with E-state index < -0.39 is 0 Å². The molecule has 0 aliphatic carbocycles. The van der Waals surface area contributed by atoms with Crippen LogP contribution >= 0.6 is 34.8 Å². The zero-order valence-electron chi connectivity index (χ0n) is 16.9. The summed E-state index contributed by atoms with van der Waals surface area (Å²) in [5, 5.41) is 8.04. The molecule has 2 aromatic carbocycles. The number of nitrogens with zero attached hydrogens (tertiary/aromatic N) is 3. The van der Waals surface area contributed by atoms with Crippen LogP contribution in [0.15, 0.2) is 40.9 Å². The number of hydrogen-bond acceptors (Lipinski definition) is 5. The monoisotopic (exact) mass is 478 g/mol. The molecular weight excluding hydrogens is 459 g/mol. The van der Waals surface area contributed by atoms with Gasteiger partial charge in [-0.25, -0.2) is 0 Å². The number of hydrogen-bond donors (Lipinski definition) is 1. The van der Waals surface area contributed by atoms with E-state index in [0.717, 1.165) is 37.1 Å². The molecule has 0 spiro atoms.